The highest BCUT2D eigenvalue weighted by Crippen LogP contribution is 2.23. The van der Waals surface area contributed by atoms with Crippen molar-refractivity contribution in [3.8, 4) is 0 Å². The minimum Gasteiger partial charge on any atom is -0.395 e. The number of carbonyl (C=O) groups is 1. The van der Waals surface area contributed by atoms with Crippen LogP contribution in [0.5, 0.6) is 0 Å². The Hall–Kier alpha value is -1.46. The van der Waals surface area contributed by atoms with E-state index < -0.39 is 0 Å². The summed E-state index contributed by atoms with van der Waals surface area (Å²) in [6.45, 7) is 1.89. The summed E-state index contributed by atoms with van der Waals surface area (Å²) >= 11 is 5.97. The number of nitrogens with one attached hydrogen (secondary N) is 2. The molecule has 1 heterocycles. The second kappa shape index (κ2) is 6.63. The lowest BCUT2D eigenvalue weighted by Gasteiger charge is -2.19. The first-order valence-corrected chi connectivity index (χ1v) is 6.72. The van der Waals surface area contributed by atoms with Crippen molar-refractivity contribution in [3.05, 3.63) is 29.3 Å². The van der Waals surface area contributed by atoms with Crippen LogP contribution < -0.4 is 15.5 Å². The molecule has 3 N–H and O–H groups in total. The number of anilines is 1. The van der Waals surface area contributed by atoms with Crippen molar-refractivity contribution in [2.24, 2.45) is 0 Å². The van der Waals surface area contributed by atoms with E-state index in [0.29, 0.717) is 0 Å². The summed E-state index contributed by atoms with van der Waals surface area (Å²) in [7, 11) is 0. The molecule has 1 aromatic carbocycles. The zero-order chi connectivity index (χ0) is 13.7. The van der Waals surface area contributed by atoms with E-state index in [-0.39, 0.29) is 25.2 Å². The number of halogens is 1. The molecule has 1 aliphatic heterocycles. The highest BCUT2D eigenvalue weighted by molar-refractivity contribution is 6.30. The maximum absolute atomic E-state index is 11.5. The van der Waals surface area contributed by atoms with Gasteiger partial charge < -0.3 is 20.6 Å². The molecule has 6 heteroatoms. The Kier molecular flexibility index (Phi) is 4.87. The number of aliphatic hydroxyl groups is 1. The van der Waals surface area contributed by atoms with Gasteiger partial charge >= 0.3 is 6.03 Å². The first kappa shape index (κ1) is 14.0. The van der Waals surface area contributed by atoms with Gasteiger partial charge in [0.2, 0.25) is 0 Å². The second-order valence-corrected chi connectivity index (χ2v) is 4.97. The highest BCUT2D eigenvalue weighted by atomic mass is 35.5. The predicted molar refractivity (Wildman–Crippen MR) is 75.7 cm³/mol. The Morgan fingerprint density at radius 3 is 3.11 bits per heavy atom. The summed E-state index contributed by atoms with van der Waals surface area (Å²) in [4.78, 5) is 13.7. The number of benzene rings is 1. The molecule has 5 nitrogen and oxygen atoms in total. The average Bonchev–Trinajstić information content (AvgIpc) is 2.85. The van der Waals surface area contributed by atoms with Crippen molar-refractivity contribution in [2.75, 3.05) is 31.1 Å². The summed E-state index contributed by atoms with van der Waals surface area (Å²) in [6.07, 6.45) is 0.902. The van der Waals surface area contributed by atoms with Gasteiger partial charge in [0.25, 0.3) is 0 Å². The Bertz CT molecular complexity index is 442. The molecule has 1 saturated heterocycles. The normalized spacial score (nSPS) is 18.4. The second-order valence-electron chi connectivity index (χ2n) is 4.54. The van der Waals surface area contributed by atoms with Crippen LogP contribution in [-0.4, -0.2) is 43.4 Å². The molecule has 104 valence electrons. The zero-order valence-corrected chi connectivity index (χ0v) is 11.4. The van der Waals surface area contributed by atoms with Crippen LogP contribution in [0.4, 0.5) is 10.5 Å². The lowest BCUT2D eigenvalue weighted by Crippen LogP contribution is -2.44. The minimum absolute atomic E-state index is 0.0489. The number of rotatable bonds is 4. The lowest BCUT2D eigenvalue weighted by atomic mass is 10.3. The third kappa shape index (κ3) is 4.01. The summed E-state index contributed by atoms with van der Waals surface area (Å²) in [5.74, 6) is 0. The number of hydrogen-bond donors (Lipinski definition) is 3. The summed E-state index contributed by atoms with van der Waals surface area (Å²) < 4.78 is 0. The fraction of sp³-hybridized carbons (Fsp3) is 0.462. The van der Waals surface area contributed by atoms with E-state index in [0.717, 1.165) is 30.2 Å². The van der Waals surface area contributed by atoms with Crippen molar-refractivity contribution >= 4 is 23.3 Å². The Balaban J connectivity index is 1.84. The van der Waals surface area contributed by atoms with E-state index in [9.17, 15) is 4.79 Å². The maximum Gasteiger partial charge on any atom is 0.315 e. The summed E-state index contributed by atoms with van der Waals surface area (Å²) in [5.41, 5.74) is 1.08. The van der Waals surface area contributed by atoms with Crippen LogP contribution in [0.25, 0.3) is 0 Å². The fourth-order valence-corrected chi connectivity index (χ4v) is 2.38. The number of aliphatic hydroxyl groups excluding tert-OH is 1. The largest absolute Gasteiger partial charge is 0.395 e. The molecular formula is C13H18ClN3O2. The van der Waals surface area contributed by atoms with E-state index in [1.54, 1.807) is 0 Å². The fourth-order valence-electron chi connectivity index (χ4n) is 2.19. The van der Waals surface area contributed by atoms with Gasteiger partial charge in [0.15, 0.2) is 0 Å². The van der Waals surface area contributed by atoms with E-state index in [1.165, 1.54) is 0 Å². The lowest BCUT2D eigenvalue weighted by molar-refractivity contribution is 0.231. The standard InChI is InChI=1S/C13H18ClN3O2/c14-10-2-1-3-12(8-10)17-6-4-11(9-17)16-13(19)15-5-7-18/h1-3,8,11,18H,4-7,9H2,(H2,15,16,19). The van der Waals surface area contributed by atoms with Crippen LogP contribution in [0.1, 0.15) is 6.42 Å². The Morgan fingerprint density at radius 1 is 1.53 bits per heavy atom. The van der Waals surface area contributed by atoms with Crippen molar-refractivity contribution in [1.82, 2.24) is 10.6 Å². The van der Waals surface area contributed by atoms with Crippen molar-refractivity contribution in [3.63, 3.8) is 0 Å². The smallest absolute Gasteiger partial charge is 0.315 e. The summed E-state index contributed by atoms with van der Waals surface area (Å²) in [5, 5.41) is 14.8. The van der Waals surface area contributed by atoms with Crippen LogP contribution in [-0.2, 0) is 0 Å². The first-order chi connectivity index (χ1) is 9.19. The molecule has 0 aromatic heterocycles. The van der Waals surface area contributed by atoms with Gasteiger partial charge in [-0.1, -0.05) is 17.7 Å². The maximum atomic E-state index is 11.5. The van der Waals surface area contributed by atoms with Crippen LogP contribution in [0.2, 0.25) is 5.02 Å². The van der Waals surface area contributed by atoms with Crippen LogP contribution in [0.15, 0.2) is 24.3 Å². The van der Waals surface area contributed by atoms with Crippen LogP contribution in [0, 0.1) is 0 Å². The van der Waals surface area contributed by atoms with Gasteiger partial charge in [-0.3, -0.25) is 0 Å². The number of nitrogens with zero attached hydrogens (tertiary/aromatic N) is 1. The van der Waals surface area contributed by atoms with Crippen LogP contribution in [0.3, 0.4) is 0 Å². The van der Waals surface area contributed by atoms with E-state index >= 15 is 0 Å². The molecule has 0 saturated carbocycles. The molecule has 1 unspecified atom stereocenters. The molecule has 0 spiro atoms. The zero-order valence-electron chi connectivity index (χ0n) is 10.6. The minimum atomic E-state index is -0.230. The molecular weight excluding hydrogens is 266 g/mol. The molecule has 0 radical (unpaired) electrons. The Morgan fingerprint density at radius 2 is 2.37 bits per heavy atom. The molecule has 1 fully saturated rings. The van der Waals surface area contributed by atoms with Gasteiger partial charge in [-0.2, -0.15) is 0 Å². The number of urea groups is 1. The first-order valence-electron chi connectivity index (χ1n) is 6.35. The van der Waals surface area contributed by atoms with Crippen molar-refractivity contribution < 1.29 is 9.90 Å². The molecule has 0 bridgehead atoms. The predicted octanol–water partition coefficient (Wildman–Crippen LogP) is 1.21. The number of carbonyl (C=O) groups excluding carboxylic acids is 1. The average molecular weight is 284 g/mol. The third-order valence-corrected chi connectivity index (χ3v) is 3.33. The molecule has 0 aliphatic carbocycles. The molecule has 1 aliphatic rings. The molecule has 1 aromatic rings. The molecule has 2 rings (SSSR count). The van der Waals surface area contributed by atoms with Gasteiger partial charge in [0.05, 0.1) is 6.61 Å². The van der Waals surface area contributed by atoms with E-state index in [1.807, 2.05) is 24.3 Å². The SMILES string of the molecule is O=C(NCCO)NC1CCN(c2cccc(Cl)c2)C1. The molecule has 19 heavy (non-hydrogen) atoms. The topological polar surface area (TPSA) is 64.6 Å². The molecule has 2 amide bonds. The van der Waals surface area contributed by atoms with E-state index in [4.69, 9.17) is 16.7 Å². The van der Waals surface area contributed by atoms with Crippen molar-refractivity contribution in [1.29, 1.82) is 0 Å². The monoisotopic (exact) mass is 283 g/mol. The van der Waals surface area contributed by atoms with Crippen molar-refractivity contribution in [2.45, 2.75) is 12.5 Å². The van der Waals surface area contributed by atoms with Gasteiger partial charge in [-0.05, 0) is 24.6 Å². The highest BCUT2D eigenvalue weighted by Gasteiger charge is 2.23. The van der Waals surface area contributed by atoms with E-state index in [2.05, 4.69) is 15.5 Å². The summed E-state index contributed by atoms with van der Waals surface area (Å²) in [6, 6.07) is 7.60. The Labute approximate surface area is 117 Å². The third-order valence-electron chi connectivity index (χ3n) is 3.09. The van der Waals surface area contributed by atoms with Gasteiger partial charge in [-0.25, -0.2) is 4.79 Å². The molecule has 1 atom stereocenters. The number of amides is 2. The quantitative estimate of drug-likeness (QED) is 0.778. The van der Waals surface area contributed by atoms with Gasteiger partial charge in [0.1, 0.15) is 0 Å². The van der Waals surface area contributed by atoms with Gasteiger partial charge in [0, 0.05) is 36.4 Å². The number of hydrogen-bond acceptors (Lipinski definition) is 3. The van der Waals surface area contributed by atoms with Crippen LogP contribution >= 0.6 is 11.6 Å². The van der Waals surface area contributed by atoms with Gasteiger partial charge in [-0.15, -0.1) is 0 Å².